The molecule has 8 heteroatoms. The van der Waals surface area contributed by atoms with Gasteiger partial charge in [0, 0.05) is 62.6 Å². The van der Waals surface area contributed by atoms with E-state index in [0.29, 0.717) is 22.5 Å². The van der Waals surface area contributed by atoms with E-state index < -0.39 is 5.91 Å². The quantitative estimate of drug-likeness (QED) is 0.643. The Bertz CT molecular complexity index is 1150. The second-order valence-corrected chi connectivity index (χ2v) is 8.32. The molecule has 4 rings (SSSR count). The highest BCUT2D eigenvalue weighted by Gasteiger charge is 2.18. The lowest BCUT2D eigenvalue weighted by atomic mass is 10.1. The molecular formula is C24H28N6O2. The number of carbonyl (C=O) groups excluding carboxylic acids is 2. The molecule has 2 aromatic carbocycles. The molecule has 3 aromatic rings. The van der Waals surface area contributed by atoms with Crippen molar-refractivity contribution in [1.29, 1.82) is 0 Å². The zero-order valence-corrected chi connectivity index (χ0v) is 18.6. The summed E-state index contributed by atoms with van der Waals surface area (Å²) >= 11 is 0. The molecule has 2 amide bonds. The zero-order chi connectivity index (χ0) is 22.8. The summed E-state index contributed by atoms with van der Waals surface area (Å²) in [6, 6.07) is 15.0. The van der Waals surface area contributed by atoms with Crippen molar-refractivity contribution in [2.75, 3.05) is 57.5 Å². The van der Waals surface area contributed by atoms with E-state index in [4.69, 9.17) is 5.73 Å². The van der Waals surface area contributed by atoms with Crippen LogP contribution in [0.4, 0.5) is 17.1 Å². The van der Waals surface area contributed by atoms with Crippen LogP contribution in [-0.2, 0) is 0 Å². The number of pyridine rings is 1. The van der Waals surface area contributed by atoms with E-state index in [1.165, 1.54) is 10.6 Å². The molecule has 1 aliphatic rings. The first kappa shape index (κ1) is 21.6. The Morgan fingerprint density at radius 2 is 1.69 bits per heavy atom. The Hall–Kier alpha value is -3.65. The number of carbonyl (C=O) groups is 2. The molecule has 0 atom stereocenters. The van der Waals surface area contributed by atoms with Crippen molar-refractivity contribution in [3.63, 3.8) is 0 Å². The number of primary amides is 1. The van der Waals surface area contributed by atoms with Crippen LogP contribution in [0, 0.1) is 0 Å². The minimum absolute atomic E-state index is 0.206. The standard InChI is InChI=1S/C24H28N6O2/c1-28(2)24(32)22-21(15-17-14-16(23(25)31)4-9-20(17)27-22)26-18-5-7-19(8-6-18)30-12-10-29(3)11-13-30/h4-9,14-15,26H,10-13H2,1-3H3,(H2,25,31). The number of nitrogens with one attached hydrogen (secondary N) is 1. The van der Waals surface area contributed by atoms with E-state index in [1.807, 2.05) is 18.2 Å². The molecule has 1 aliphatic heterocycles. The van der Waals surface area contributed by atoms with Crippen molar-refractivity contribution < 1.29 is 9.59 Å². The number of likely N-dealkylation sites (N-methyl/N-ethyl adjacent to an activating group) is 1. The van der Waals surface area contributed by atoms with Gasteiger partial charge in [0.2, 0.25) is 5.91 Å². The highest BCUT2D eigenvalue weighted by Crippen LogP contribution is 2.27. The fraction of sp³-hybridized carbons (Fsp3) is 0.292. The summed E-state index contributed by atoms with van der Waals surface area (Å²) in [5, 5.41) is 4.06. The van der Waals surface area contributed by atoms with Crippen molar-refractivity contribution in [3.8, 4) is 0 Å². The maximum absolute atomic E-state index is 12.8. The van der Waals surface area contributed by atoms with E-state index >= 15 is 0 Å². The topological polar surface area (TPSA) is 94.8 Å². The average molecular weight is 433 g/mol. The number of nitrogens with zero attached hydrogens (tertiary/aromatic N) is 4. The summed E-state index contributed by atoms with van der Waals surface area (Å²) in [6.07, 6.45) is 0. The molecule has 0 bridgehead atoms. The summed E-state index contributed by atoms with van der Waals surface area (Å²) in [5.74, 6) is -0.711. The van der Waals surface area contributed by atoms with Gasteiger partial charge in [0.25, 0.3) is 5.91 Å². The molecule has 8 nitrogen and oxygen atoms in total. The first-order chi connectivity index (χ1) is 15.3. The Morgan fingerprint density at radius 3 is 2.31 bits per heavy atom. The van der Waals surface area contributed by atoms with Gasteiger partial charge in [-0.25, -0.2) is 4.98 Å². The number of hydrogen-bond donors (Lipinski definition) is 2. The molecule has 2 heterocycles. The predicted molar refractivity (Wildman–Crippen MR) is 128 cm³/mol. The largest absolute Gasteiger partial charge is 0.369 e. The van der Waals surface area contributed by atoms with E-state index in [1.54, 1.807) is 32.3 Å². The molecule has 1 saturated heterocycles. The number of fused-ring (bicyclic) bond motifs is 1. The first-order valence-electron chi connectivity index (χ1n) is 10.6. The molecule has 32 heavy (non-hydrogen) atoms. The second-order valence-electron chi connectivity index (χ2n) is 8.32. The summed E-state index contributed by atoms with van der Waals surface area (Å²) in [4.78, 5) is 35.1. The van der Waals surface area contributed by atoms with Crippen molar-refractivity contribution in [2.24, 2.45) is 5.73 Å². The van der Waals surface area contributed by atoms with Gasteiger partial charge in [-0.1, -0.05) is 0 Å². The van der Waals surface area contributed by atoms with Crippen LogP contribution in [0.2, 0.25) is 0 Å². The van der Waals surface area contributed by atoms with Gasteiger partial charge in [-0.2, -0.15) is 0 Å². The number of piperazine rings is 1. The molecule has 0 aliphatic carbocycles. The molecule has 1 fully saturated rings. The third-order valence-corrected chi connectivity index (χ3v) is 5.72. The maximum Gasteiger partial charge on any atom is 0.274 e. The predicted octanol–water partition coefficient (Wildman–Crippen LogP) is 2.53. The number of nitrogens with two attached hydrogens (primary N) is 1. The Balaban J connectivity index is 1.66. The van der Waals surface area contributed by atoms with Crippen LogP contribution in [0.1, 0.15) is 20.8 Å². The zero-order valence-electron chi connectivity index (χ0n) is 18.6. The number of anilines is 3. The summed E-state index contributed by atoms with van der Waals surface area (Å²) in [6.45, 7) is 4.10. The van der Waals surface area contributed by atoms with Gasteiger partial charge >= 0.3 is 0 Å². The fourth-order valence-corrected chi connectivity index (χ4v) is 3.78. The SMILES string of the molecule is CN1CCN(c2ccc(Nc3cc4cc(C(N)=O)ccc4nc3C(=O)N(C)C)cc2)CC1. The first-order valence-corrected chi connectivity index (χ1v) is 10.6. The van der Waals surface area contributed by atoms with Crippen LogP contribution in [0.5, 0.6) is 0 Å². The van der Waals surface area contributed by atoms with Gasteiger partial charge in [0.1, 0.15) is 0 Å². The molecule has 0 unspecified atom stereocenters. The minimum Gasteiger partial charge on any atom is -0.369 e. The second kappa shape index (κ2) is 8.84. The van der Waals surface area contributed by atoms with Crippen LogP contribution < -0.4 is 16.0 Å². The highest BCUT2D eigenvalue weighted by molar-refractivity contribution is 6.03. The van der Waals surface area contributed by atoms with Gasteiger partial charge in [-0.3, -0.25) is 9.59 Å². The van der Waals surface area contributed by atoms with Crippen molar-refractivity contribution in [3.05, 3.63) is 59.8 Å². The minimum atomic E-state index is -0.505. The Labute approximate surface area is 187 Å². The molecular weight excluding hydrogens is 404 g/mol. The molecule has 3 N–H and O–H groups in total. The third-order valence-electron chi connectivity index (χ3n) is 5.72. The molecule has 0 radical (unpaired) electrons. The fourth-order valence-electron chi connectivity index (χ4n) is 3.78. The van der Waals surface area contributed by atoms with Crippen molar-refractivity contribution in [2.45, 2.75) is 0 Å². The molecule has 1 aromatic heterocycles. The highest BCUT2D eigenvalue weighted by atomic mass is 16.2. The van der Waals surface area contributed by atoms with E-state index in [9.17, 15) is 9.59 Å². The number of rotatable bonds is 5. The normalized spacial score (nSPS) is 14.4. The number of hydrogen-bond acceptors (Lipinski definition) is 6. The van der Waals surface area contributed by atoms with E-state index in [0.717, 1.165) is 37.3 Å². The van der Waals surface area contributed by atoms with Gasteiger partial charge in [-0.05, 0) is 55.6 Å². The Morgan fingerprint density at radius 1 is 1.00 bits per heavy atom. The van der Waals surface area contributed by atoms with Gasteiger partial charge < -0.3 is 25.8 Å². The summed E-state index contributed by atoms with van der Waals surface area (Å²) in [7, 11) is 5.53. The Kier molecular flexibility index (Phi) is 5.96. The lowest BCUT2D eigenvalue weighted by Crippen LogP contribution is -2.44. The number of benzene rings is 2. The van der Waals surface area contributed by atoms with Crippen molar-refractivity contribution >= 4 is 39.8 Å². The average Bonchev–Trinajstić information content (AvgIpc) is 2.78. The molecule has 0 spiro atoms. The van der Waals surface area contributed by atoms with Crippen LogP contribution >= 0.6 is 0 Å². The third kappa shape index (κ3) is 4.50. The summed E-state index contributed by atoms with van der Waals surface area (Å²) in [5.41, 5.74) is 9.36. The smallest absolute Gasteiger partial charge is 0.274 e. The van der Waals surface area contributed by atoms with E-state index in [-0.39, 0.29) is 5.91 Å². The summed E-state index contributed by atoms with van der Waals surface area (Å²) < 4.78 is 0. The molecule has 0 saturated carbocycles. The van der Waals surface area contributed by atoms with Crippen molar-refractivity contribution in [1.82, 2.24) is 14.8 Å². The van der Waals surface area contributed by atoms with Gasteiger partial charge in [-0.15, -0.1) is 0 Å². The van der Waals surface area contributed by atoms with Crippen LogP contribution in [-0.4, -0.2) is 73.9 Å². The van der Waals surface area contributed by atoms with Gasteiger partial charge in [0.15, 0.2) is 5.69 Å². The lowest BCUT2D eigenvalue weighted by Gasteiger charge is -2.34. The number of aromatic nitrogens is 1. The van der Waals surface area contributed by atoms with E-state index in [2.05, 4.69) is 39.3 Å². The number of amides is 2. The lowest BCUT2D eigenvalue weighted by molar-refractivity contribution is 0.0823. The molecule has 166 valence electrons. The van der Waals surface area contributed by atoms with Gasteiger partial charge in [0.05, 0.1) is 11.2 Å². The van der Waals surface area contributed by atoms with Crippen LogP contribution in [0.3, 0.4) is 0 Å². The van der Waals surface area contributed by atoms with Crippen LogP contribution in [0.25, 0.3) is 10.9 Å². The van der Waals surface area contributed by atoms with Crippen LogP contribution in [0.15, 0.2) is 48.5 Å². The maximum atomic E-state index is 12.8. The monoisotopic (exact) mass is 432 g/mol.